The Hall–Kier alpha value is -1.64. The lowest BCUT2D eigenvalue weighted by atomic mass is 9.94. The predicted octanol–water partition coefficient (Wildman–Crippen LogP) is 0.327. The Balaban J connectivity index is 1.77. The zero-order valence-electron chi connectivity index (χ0n) is 11.4. The molecule has 1 aliphatic carbocycles. The molecule has 0 unspecified atom stereocenters. The van der Waals surface area contributed by atoms with E-state index in [-0.39, 0.29) is 18.2 Å². The van der Waals surface area contributed by atoms with Gasteiger partial charge in [-0.2, -0.15) is 0 Å². The van der Waals surface area contributed by atoms with Gasteiger partial charge in [0.1, 0.15) is 0 Å². The molecule has 0 radical (unpaired) electrons. The normalized spacial score (nSPS) is 15.1. The number of aliphatic carboxylic acids is 1. The number of carboxylic acid groups (broad SMARTS) is 1. The van der Waals surface area contributed by atoms with Gasteiger partial charge in [-0.05, 0) is 37.1 Å². The van der Waals surface area contributed by atoms with Crippen LogP contribution in [0.25, 0.3) is 0 Å². The van der Waals surface area contributed by atoms with Gasteiger partial charge in [-0.15, -0.1) is 5.10 Å². The molecule has 0 atom stereocenters. The molecule has 2 rings (SSSR count). The number of rotatable bonds is 7. The first-order valence-electron chi connectivity index (χ1n) is 6.31. The van der Waals surface area contributed by atoms with E-state index in [9.17, 15) is 9.59 Å². The molecule has 1 amide bonds. The molecule has 0 spiro atoms. The minimum atomic E-state index is -0.976. The molecular formula is C11H17N5O3S. The third-order valence-corrected chi connectivity index (χ3v) is 3.93. The number of nitrogens with zero attached hydrogens (tertiary/aromatic N) is 4. The van der Waals surface area contributed by atoms with Gasteiger partial charge >= 0.3 is 5.97 Å². The van der Waals surface area contributed by atoms with Crippen LogP contribution >= 0.6 is 11.8 Å². The van der Waals surface area contributed by atoms with E-state index < -0.39 is 11.4 Å². The highest BCUT2D eigenvalue weighted by Crippen LogP contribution is 2.36. The number of carbonyl (C=O) groups excluding carboxylic acids is 1. The van der Waals surface area contributed by atoms with Crippen LogP contribution in [0.5, 0.6) is 0 Å². The molecule has 0 bridgehead atoms. The molecule has 1 aromatic rings. The van der Waals surface area contributed by atoms with E-state index in [1.54, 1.807) is 18.5 Å². The summed E-state index contributed by atoms with van der Waals surface area (Å²) < 4.78 is 1.74. The van der Waals surface area contributed by atoms with Crippen molar-refractivity contribution >= 4 is 23.6 Å². The molecule has 1 fully saturated rings. The Morgan fingerprint density at radius 2 is 2.20 bits per heavy atom. The lowest BCUT2D eigenvalue weighted by molar-refractivity contribution is -0.146. The van der Waals surface area contributed by atoms with Gasteiger partial charge < -0.3 is 10.4 Å². The van der Waals surface area contributed by atoms with Crippen LogP contribution < -0.4 is 5.32 Å². The van der Waals surface area contributed by atoms with Crippen molar-refractivity contribution in [2.24, 2.45) is 5.41 Å². The molecule has 20 heavy (non-hydrogen) atoms. The van der Waals surface area contributed by atoms with E-state index in [2.05, 4.69) is 20.8 Å². The minimum absolute atomic E-state index is 0.0926. The van der Waals surface area contributed by atoms with Crippen LogP contribution in [0, 0.1) is 5.41 Å². The lowest BCUT2D eigenvalue weighted by Crippen LogP contribution is -2.39. The largest absolute Gasteiger partial charge is 0.481 e. The van der Waals surface area contributed by atoms with Gasteiger partial charge in [0.25, 0.3) is 0 Å². The Morgan fingerprint density at radius 1 is 1.50 bits per heavy atom. The number of hydrogen-bond donors (Lipinski definition) is 2. The summed E-state index contributed by atoms with van der Waals surface area (Å²) in [5, 5.41) is 23.6. The highest BCUT2D eigenvalue weighted by Gasteiger charge is 2.29. The molecule has 0 aromatic carbocycles. The molecule has 9 heteroatoms. The summed E-state index contributed by atoms with van der Waals surface area (Å²) in [4.78, 5) is 22.6. The van der Waals surface area contributed by atoms with Crippen LogP contribution in [-0.2, 0) is 9.59 Å². The van der Waals surface area contributed by atoms with Gasteiger partial charge in [-0.1, -0.05) is 11.8 Å². The third kappa shape index (κ3) is 3.69. The average Bonchev–Trinajstić information content (AvgIpc) is 3.13. The number of amides is 1. The first kappa shape index (κ1) is 14.8. The van der Waals surface area contributed by atoms with E-state index in [0.29, 0.717) is 11.2 Å². The SMILES string of the molecule is CC(C)(CNC(=O)CSc1nnnn1C1CC1)C(=O)O. The fourth-order valence-corrected chi connectivity index (χ4v) is 2.18. The second-order valence-corrected chi connectivity index (χ2v) is 6.33. The van der Waals surface area contributed by atoms with Gasteiger partial charge in [0.2, 0.25) is 11.1 Å². The maximum atomic E-state index is 11.7. The Morgan fingerprint density at radius 3 is 2.80 bits per heavy atom. The fourth-order valence-electron chi connectivity index (χ4n) is 1.41. The molecule has 1 aromatic heterocycles. The van der Waals surface area contributed by atoms with Crippen LogP contribution in [0.15, 0.2) is 5.16 Å². The molecule has 2 N–H and O–H groups in total. The number of hydrogen-bond acceptors (Lipinski definition) is 6. The number of nitrogens with one attached hydrogen (secondary N) is 1. The number of thioether (sulfide) groups is 1. The maximum Gasteiger partial charge on any atom is 0.310 e. The van der Waals surface area contributed by atoms with Crippen molar-refractivity contribution in [3.63, 3.8) is 0 Å². The Kier molecular flexibility index (Phi) is 4.26. The smallest absolute Gasteiger partial charge is 0.310 e. The number of tetrazole rings is 1. The summed E-state index contributed by atoms with van der Waals surface area (Å²) in [6, 6.07) is 0.363. The number of carbonyl (C=O) groups is 2. The van der Waals surface area contributed by atoms with Crippen molar-refractivity contribution in [3.05, 3.63) is 0 Å². The van der Waals surface area contributed by atoms with Crippen LogP contribution in [-0.4, -0.2) is 49.5 Å². The van der Waals surface area contributed by atoms with Crippen LogP contribution in [0.4, 0.5) is 0 Å². The summed E-state index contributed by atoms with van der Waals surface area (Å²) in [5.41, 5.74) is -0.976. The highest BCUT2D eigenvalue weighted by atomic mass is 32.2. The van der Waals surface area contributed by atoms with Crippen LogP contribution in [0.2, 0.25) is 0 Å². The second-order valence-electron chi connectivity index (χ2n) is 5.39. The summed E-state index contributed by atoms with van der Waals surface area (Å²) in [7, 11) is 0. The molecule has 0 saturated heterocycles. The highest BCUT2D eigenvalue weighted by molar-refractivity contribution is 7.99. The molecule has 1 aliphatic rings. The van der Waals surface area contributed by atoms with Crippen LogP contribution in [0.1, 0.15) is 32.7 Å². The van der Waals surface area contributed by atoms with E-state index in [0.717, 1.165) is 12.8 Å². The van der Waals surface area contributed by atoms with Gasteiger partial charge in [0, 0.05) is 6.54 Å². The van der Waals surface area contributed by atoms with Crippen LogP contribution in [0.3, 0.4) is 0 Å². The molecule has 1 saturated carbocycles. The first-order chi connectivity index (χ1) is 9.40. The number of aromatic nitrogens is 4. The van der Waals surface area contributed by atoms with Crippen molar-refractivity contribution in [1.29, 1.82) is 0 Å². The third-order valence-electron chi connectivity index (χ3n) is 2.99. The predicted molar refractivity (Wildman–Crippen MR) is 71.2 cm³/mol. The Labute approximate surface area is 120 Å². The van der Waals surface area contributed by atoms with Crippen molar-refractivity contribution < 1.29 is 14.7 Å². The molecule has 8 nitrogen and oxygen atoms in total. The fraction of sp³-hybridized carbons (Fsp3) is 0.727. The molecular weight excluding hydrogens is 282 g/mol. The lowest BCUT2D eigenvalue weighted by Gasteiger charge is -2.19. The molecule has 0 aliphatic heterocycles. The van der Waals surface area contributed by atoms with Gasteiger partial charge in [-0.3, -0.25) is 9.59 Å². The standard InChI is InChI=1S/C11H17N5O3S/c1-11(2,9(18)19)6-12-8(17)5-20-10-13-14-15-16(10)7-3-4-7/h7H,3-6H2,1-2H3,(H,12,17)(H,18,19). The second kappa shape index (κ2) is 5.78. The first-order valence-corrected chi connectivity index (χ1v) is 7.29. The summed E-state index contributed by atoms with van der Waals surface area (Å²) >= 11 is 1.26. The van der Waals surface area contributed by atoms with Gasteiger partial charge in [0.05, 0.1) is 17.2 Å². The van der Waals surface area contributed by atoms with Crippen molar-refractivity contribution in [2.75, 3.05) is 12.3 Å². The molecule has 1 heterocycles. The van der Waals surface area contributed by atoms with Crippen molar-refractivity contribution in [3.8, 4) is 0 Å². The summed E-state index contributed by atoms with van der Waals surface area (Å²) in [5.74, 6) is -0.999. The number of carboxylic acids is 1. The zero-order valence-corrected chi connectivity index (χ0v) is 12.2. The maximum absolute atomic E-state index is 11.7. The van der Waals surface area contributed by atoms with Crippen molar-refractivity contribution in [2.45, 2.75) is 37.9 Å². The van der Waals surface area contributed by atoms with E-state index in [1.165, 1.54) is 11.8 Å². The summed E-state index contributed by atoms with van der Waals surface area (Å²) in [6.07, 6.45) is 2.13. The minimum Gasteiger partial charge on any atom is -0.481 e. The summed E-state index contributed by atoms with van der Waals surface area (Å²) in [6.45, 7) is 3.22. The Bertz CT molecular complexity index is 512. The van der Waals surface area contributed by atoms with E-state index in [1.807, 2.05) is 0 Å². The monoisotopic (exact) mass is 299 g/mol. The van der Waals surface area contributed by atoms with Crippen molar-refractivity contribution in [1.82, 2.24) is 25.5 Å². The van der Waals surface area contributed by atoms with E-state index >= 15 is 0 Å². The molecule has 110 valence electrons. The zero-order chi connectivity index (χ0) is 14.8. The van der Waals surface area contributed by atoms with E-state index in [4.69, 9.17) is 5.11 Å². The van der Waals surface area contributed by atoms with Gasteiger partial charge in [-0.25, -0.2) is 4.68 Å². The average molecular weight is 299 g/mol. The van der Waals surface area contributed by atoms with Gasteiger partial charge in [0.15, 0.2) is 0 Å². The quantitative estimate of drug-likeness (QED) is 0.698. The topological polar surface area (TPSA) is 110 Å².